The molecular formula is C42H80N6O6S3. The lowest BCUT2D eigenvalue weighted by Gasteiger charge is -2.33. The molecule has 0 spiro atoms. The maximum absolute atomic E-state index is 14.4. The monoisotopic (exact) mass is 861 g/mol. The topological polar surface area (TPSA) is 210 Å². The van der Waals surface area contributed by atoms with Gasteiger partial charge in [0.1, 0.15) is 0 Å². The van der Waals surface area contributed by atoms with Crippen LogP contribution < -0.4 is 14.2 Å². The summed E-state index contributed by atoms with van der Waals surface area (Å²) in [6.07, 6.45) is 26.5. The van der Waals surface area contributed by atoms with Gasteiger partial charge in [-0.1, -0.05) is 155 Å². The molecule has 0 saturated heterocycles. The summed E-state index contributed by atoms with van der Waals surface area (Å²) in [5.41, 5.74) is 0. The minimum absolute atomic E-state index is 0.0547. The van der Waals surface area contributed by atoms with Crippen molar-refractivity contribution in [2.45, 2.75) is 229 Å². The van der Waals surface area contributed by atoms with Crippen LogP contribution in [0.25, 0.3) is 0 Å². The van der Waals surface area contributed by atoms with Crippen molar-refractivity contribution in [2.75, 3.05) is 19.6 Å². The Hall–Kier alpha value is -1.80. The Morgan fingerprint density at radius 2 is 0.579 bits per heavy atom. The van der Waals surface area contributed by atoms with Crippen molar-refractivity contribution in [3.8, 4) is 18.2 Å². The van der Waals surface area contributed by atoms with Crippen LogP contribution in [0.15, 0.2) is 0 Å². The molecule has 0 aromatic rings. The van der Waals surface area contributed by atoms with Gasteiger partial charge in [-0.3, -0.25) is 0 Å². The Kier molecular flexibility index (Phi) is 34.9. The number of hydrogen-bond donors (Lipinski definition) is 3. The summed E-state index contributed by atoms with van der Waals surface area (Å²) in [5.74, 6) is 0. The van der Waals surface area contributed by atoms with E-state index in [1.165, 1.54) is 0 Å². The van der Waals surface area contributed by atoms with Gasteiger partial charge >= 0.3 is 3.41 Å². The van der Waals surface area contributed by atoms with Gasteiger partial charge in [0.2, 0.25) is 30.1 Å². The fraction of sp³-hybridized carbons (Fsp3) is 0.929. The molecule has 0 unspecified atom stereocenters. The summed E-state index contributed by atoms with van der Waals surface area (Å²) in [7, 11) is -14.9. The summed E-state index contributed by atoms with van der Waals surface area (Å²) in [6, 6.07) is 6.47. The number of nitrogens with zero attached hydrogens (tertiary/aromatic N) is 3. The molecule has 15 heteroatoms. The van der Waals surface area contributed by atoms with E-state index in [2.05, 4.69) is 39.3 Å². The fourth-order valence-corrected chi connectivity index (χ4v) is 14.7. The maximum atomic E-state index is 14.4. The number of nitrogens with one attached hydrogen (secondary N) is 3. The Labute approximate surface area is 350 Å². The van der Waals surface area contributed by atoms with Gasteiger partial charge in [0.05, 0.1) is 18.2 Å². The highest BCUT2D eigenvalue weighted by Crippen LogP contribution is 2.36. The van der Waals surface area contributed by atoms with E-state index in [1.807, 2.05) is 0 Å². The molecule has 0 saturated carbocycles. The van der Waals surface area contributed by atoms with Gasteiger partial charge in [-0.15, -0.1) is 0 Å². The van der Waals surface area contributed by atoms with Crippen molar-refractivity contribution in [3.05, 3.63) is 0 Å². The summed E-state index contributed by atoms with van der Waals surface area (Å²) in [6.45, 7) is 1.92. The first-order valence-electron chi connectivity index (χ1n) is 22.6. The van der Waals surface area contributed by atoms with Crippen molar-refractivity contribution < 1.29 is 25.3 Å². The number of rotatable bonds is 43. The molecule has 3 N–H and O–H groups in total. The second kappa shape index (κ2) is 36.1. The molecule has 0 aliphatic carbocycles. The Bertz CT molecular complexity index is 1280. The smallest absolute Gasteiger partial charge is 0.213 e. The predicted molar refractivity (Wildman–Crippen MR) is 233 cm³/mol. The number of hydrogen-bond acceptors (Lipinski definition) is 9. The third-order valence-corrected chi connectivity index (χ3v) is 19.4. The van der Waals surface area contributed by atoms with Crippen LogP contribution in [0.3, 0.4) is 0 Å². The van der Waals surface area contributed by atoms with E-state index in [1.54, 1.807) is 0 Å². The van der Waals surface area contributed by atoms with Crippen LogP contribution in [0.5, 0.6) is 0 Å². The first kappa shape index (κ1) is 55.2. The van der Waals surface area contributed by atoms with Crippen molar-refractivity contribution in [2.24, 2.45) is 0 Å². The van der Waals surface area contributed by atoms with Crippen LogP contribution in [0.4, 0.5) is 0 Å². The lowest BCUT2D eigenvalue weighted by Crippen LogP contribution is -2.63. The quantitative estimate of drug-likeness (QED) is 0.0497. The fourth-order valence-electron chi connectivity index (χ4n) is 7.08. The minimum atomic E-state index is -4.95. The van der Waals surface area contributed by atoms with Crippen molar-refractivity contribution in [1.29, 1.82) is 15.8 Å². The van der Waals surface area contributed by atoms with Gasteiger partial charge in [-0.05, 0) is 44.9 Å². The predicted octanol–water partition coefficient (Wildman–Crippen LogP) is 10.3. The Morgan fingerprint density at radius 1 is 0.351 bits per heavy atom. The van der Waals surface area contributed by atoms with Crippen molar-refractivity contribution >= 4 is 30.1 Å². The molecular weight excluding hydrogens is 781 g/mol. The van der Waals surface area contributed by atoms with Gasteiger partial charge in [-0.25, -0.2) is 39.4 Å². The highest BCUT2D eigenvalue weighted by Gasteiger charge is 2.64. The SMILES string of the molecule is CCCCCCCCC(S(=O)(=O)NCCCCCCCCCCC#N)(S(=O)(=O)NCCCCCCCCCCC#N)S(=O)(=O)NCCCCCCCCCCC#N. The van der Waals surface area contributed by atoms with E-state index in [0.29, 0.717) is 44.9 Å². The molecule has 0 aliphatic rings. The molecule has 332 valence electrons. The first-order valence-corrected chi connectivity index (χ1v) is 27.0. The molecule has 0 atom stereocenters. The van der Waals surface area contributed by atoms with Crippen LogP contribution in [-0.2, 0) is 30.1 Å². The van der Waals surface area contributed by atoms with Crippen LogP contribution in [-0.4, -0.2) is 48.3 Å². The van der Waals surface area contributed by atoms with Crippen molar-refractivity contribution in [1.82, 2.24) is 14.2 Å². The average molecular weight is 861 g/mol. The molecule has 0 aromatic heterocycles. The molecule has 57 heavy (non-hydrogen) atoms. The van der Waals surface area contributed by atoms with E-state index in [-0.39, 0.29) is 26.1 Å². The third kappa shape index (κ3) is 25.4. The maximum Gasteiger partial charge on any atom is 0.313 e. The zero-order valence-corrected chi connectivity index (χ0v) is 38.1. The molecule has 0 heterocycles. The number of nitriles is 3. The lowest BCUT2D eigenvalue weighted by atomic mass is 10.1. The summed E-state index contributed by atoms with van der Waals surface area (Å²) >= 11 is 0. The van der Waals surface area contributed by atoms with Crippen LogP contribution in [0, 0.1) is 34.0 Å². The normalized spacial score (nSPS) is 12.3. The number of sulfonamides is 3. The number of unbranched alkanes of at least 4 members (excludes halogenated alkanes) is 29. The molecule has 0 bridgehead atoms. The van der Waals surface area contributed by atoms with Gasteiger partial charge < -0.3 is 0 Å². The summed E-state index contributed by atoms with van der Waals surface area (Å²) in [5, 5.41) is 26.1. The van der Waals surface area contributed by atoms with Crippen LogP contribution in [0.1, 0.15) is 225 Å². The van der Waals surface area contributed by atoms with E-state index >= 15 is 0 Å². The van der Waals surface area contributed by atoms with Crippen molar-refractivity contribution in [3.63, 3.8) is 0 Å². The first-order chi connectivity index (χ1) is 27.5. The Morgan fingerprint density at radius 3 is 0.842 bits per heavy atom. The van der Waals surface area contributed by atoms with Gasteiger partial charge in [0, 0.05) is 45.3 Å². The zero-order valence-electron chi connectivity index (χ0n) is 35.7. The molecule has 0 rings (SSSR count). The molecule has 12 nitrogen and oxygen atoms in total. The van der Waals surface area contributed by atoms with E-state index in [9.17, 15) is 25.3 Å². The van der Waals surface area contributed by atoms with E-state index in [0.717, 1.165) is 161 Å². The van der Waals surface area contributed by atoms with Gasteiger partial charge in [0.15, 0.2) is 0 Å². The minimum Gasteiger partial charge on any atom is -0.213 e. The Balaban J connectivity index is 5.85. The largest absolute Gasteiger partial charge is 0.313 e. The average Bonchev–Trinajstić information content (AvgIpc) is 3.17. The van der Waals surface area contributed by atoms with Crippen LogP contribution >= 0.6 is 0 Å². The molecule has 0 aliphatic heterocycles. The lowest BCUT2D eigenvalue weighted by molar-refractivity contribution is 0.502. The summed E-state index contributed by atoms with van der Waals surface area (Å²) in [4.78, 5) is 0. The zero-order chi connectivity index (χ0) is 42.4. The molecule has 0 fully saturated rings. The molecule has 0 amide bonds. The summed E-state index contributed by atoms with van der Waals surface area (Å²) < 4.78 is 90.4. The van der Waals surface area contributed by atoms with E-state index in [4.69, 9.17) is 15.8 Å². The molecule has 0 aromatic carbocycles. The highest BCUT2D eigenvalue weighted by atomic mass is 32.3. The second-order valence-electron chi connectivity index (χ2n) is 15.6. The van der Waals surface area contributed by atoms with Crippen LogP contribution in [0.2, 0.25) is 0 Å². The second-order valence-corrected chi connectivity index (χ2v) is 22.4. The highest BCUT2D eigenvalue weighted by molar-refractivity contribution is 8.24. The third-order valence-electron chi connectivity index (χ3n) is 10.6. The van der Waals surface area contributed by atoms with Gasteiger partial charge in [0.25, 0.3) is 0 Å². The molecule has 0 radical (unpaired) electrons. The van der Waals surface area contributed by atoms with E-state index < -0.39 is 39.9 Å². The standard InChI is InChI=1S/C42H80N6O6S3/c1-2-3-4-5-21-28-35-42(55(49,50)46-39-32-25-18-12-6-9-15-22-29-36-43,56(51,52)47-40-33-26-19-13-7-10-16-23-30-37-44)57(53,54)48-41-34-27-20-14-8-11-17-24-31-38-45/h46-48H,2-35,39-41H2,1H3. The van der Waals surface area contributed by atoms with Gasteiger partial charge in [-0.2, -0.15) is 15.8 Å².